The molecule has 17 heavy (non-hydrogen) atoms. The Morgan fingerprint density at radius 1 is 1.47 bits per heavy atom. The van der Waals surface area contributed by atoms with Crippen LogP contribution in [0.2, 0.25) is 0 Å². The van der Waals surface area contributed by atoms with E-state index in [1.807, 2.05) is 7.05 Å². The second kappa shape index (κ2) is 4.83. The highest BCUT2D eigenvalue weighted by atomic mass is 16.5. The van der Waals surface area contributed by atoms with Crippen molar-refractivity contribution in [2.45, 2.75) is 44.1 Å². The normalized spacial score (nSPS) is 19.1. The Morgan fingerprint density at radius 2 is 2.18 bits per heavy atom. The van der Waals surface area contributed by atoms with Gasteiger partial charge in [-0.3, -0.25) is 0 Å². The molecule has 1 aliphatic rings. The lowest BCUT2D eigenvalue weighted by Crippen LogP contribution is -2.46. The van der Waals surface area contributed by atoms with Gasteiger partial charge in [-0.05, 0) is 25.0 Å². The molecule has 1 aromatic rings. The molecule has 0 unspecified atom stereocenters. The summed E-state index contributed by atoms with van der Waals surface area (Å²) in [5.74, 6) is -1.01. The molecular weight excluding hydrogens is 222 g/mol. The van der Waals surface area contributed by atoms with E-state index in [-0.39, 0.29) is 11.4 Å². The summed E-state index contributed by atoms with van der Waals surface area (Å²) in [6, 6.07) is 0. The van der Waals surface area contributed by atoms with Crippen molar-refractivity contribution < 1.29 is 14.4 Å². The second-order valence-corrected chi connectivity index (χ2v) is 4.58. The van der Waals surface area contributed by atoms with E-state index in [1.165, 1.54) is 19.3 Å². The molecule has 1 aliphatic carbocycles. The molecule has 2 rings (SSSR count). The Labute approximate surface area is 99.4 Å². The quantitative estimate of drug-likeness (QED) is 0.821. The second-order valence-electron chi connectivity index (χ2n) is 4.58. The van der Waals surface area contributed by atoms with Gasteiger partial charge in [-0.1, -0.05) is 19.3 Å². The first-order valence-corrected chi connectivity index (χ1v) is 5.90. The molecule has 6 nitrogen and oxygen atoms in total. The molecule has 94 valence electrons. The molecule has 1 fully saturated rings. The zero-order valence-electron chi connectivity index (χ0n) is 9.90. The first kappa shape index (κ1) is 12.0. The molecule has 0 radical (unpaired) electrons. The molecule has 1 saturated carbocycles. The number of hydrogen-bond donors (Lipinski definition) is 2. The van der Waals surface area contributed by atoms with Crippen molar-refractivity contribution in [1.29, 1.82) is 0 Å². The summed E-state index contributed by atoms with van der Waals surface area (Å²) in [4.78, 5) is 14.5. The molecule has 0 spiro atoms. The number of rotatable bonds is 4. The minimum atomic E-state index is -1.15. The van der Waals surface area contributed by atoms with E-state index in [0.29, 0.717) is 12.3 Å². The minimum absolute atomic E-state index is 0.0133. The molecule has 6 heteroatoms. The number of nitrogens with zero attached hydrogens (tertiary/aromatic N) is 2. The van der Waals surface area contributed by atoms with Crippen molar-refractivity contribution in [3.05, 3.63) is 11.7 Å². The van der Waals surface area contributed by atoms with Gasteiger partial charge in [0, 0.05) is 12.0 Å². The largest absolute Gasteiger partial charge is 0.475 e. The van der Waals surface area contributed by atoms with Gasteiger partial charge in [0.05, 0.1) is 0 Å². The summed E-state index contributed by atoms with van der Waals surface area (Å²) >= 11 is 0. The highest BCUT2D eigenvalue weighted by molar-refractivity contribution is 5.82. The molecular formula is C11H17N3O3. The van der Waals surface area contributed by atoms with Crippen LogP contribution >= 0.6 is 0 Å². The van der Waals surface area contributed by atoms with Crippen LogP contribution < -0.4 is 5.32 Å². The molecule has 1 aromatic heterocycles. The van der Waals surface area contributed by atoms with Crippen LogP contribution in [0.1, 0.15) is 48.6 Å². The Morgan fingerprint density at radius 3 is 2.71 bits per heavy atom. The number of aromatic carboxylic acids is 1. The monoisotopic (exact) mass is 239 g/mol. The lowest BCUT2D eigenvalue weighted by atomic mass is 9.79. The van der Waals surface area contributed by atoms with Gasteiger partial charge in [0.2, 0.25) is 5.89 Å². The Kier molecular flexibility index (Phi) is 3.42. The zero-order chi connectivity index (χ0) is 12.3. The van der Waals surface area contributed by atoms with Crippen molar-refractivity contribution in [2.75, 3.05) is 7.05 Å². The SMILES string of the molecule is CNC1(Cc2nc(C(=O)O)no2)CCCCC1. The van der Waals surface area contributed by atoms with Gasteiger partial charge >= 0.3 is 5.97 Å². The lowest BCUT2D eigenvalue weighted by Gasteiger charge is -2.36. The van der Waals surface area contributed by atoms with Crippen molar-refractivity contribution in [1.82, 2.24) is 15.5 Å². The Hall–Kier alpha value is -1.43. The molecule has 0 aliphatic heterocycles. The van der Waals surface area contributed by atoms with E-state index >= 15 is 0 Å². The number of likely N-dealkylation sites (N-methyl/N-ethyl adjacent to an activating group) is 1. The van der Waals surface area contributed by atoms with Crippen LogP contribution in [0.3, 0.4) is 0 Å². The van der Waals surface area contributed by atoms with E-state index in [9.17, 15) is 4.79 Å². The minimum Gasteiger partial charge on any atom is -0.475 e. The predicted molar refractivity (Wildman–Crippen MR) is 59.8 cm³/mol. The molecule has 0 amide bonds. The van der Waals surface area contributed by atoms with Crippen molar-refractivity contribution >= 4 is 5.97 Å². The topological polar surface area (TPSA) is 88.2 Å². The van der Waals surface area contributed by atoms with Crippen LogP contribution in [-0.2, 0) is 6.42 Å². The number of carboxylic acid groups (broad SMARTS) is 1. The maximum atomic E-state index is 10.7. The van der Waals surface area contributed by atoms with Crippen LogP contribution in [0.5, 0.6) is 0 Å². The van der Waals surface area contributed by atoms with Gasteiger partial charge in [-0.2, -0.15) is 4.98 Å². The molecule has 0 atom stereocenters. The third-order valence-electron chi connectivity index (χ3n) is 3.49. The molecule has 0 bridgehead atoms. The summed E-state index contributed by atoms with van der Waals surface area (Å²) in [6.45, 7) is 0. The molecule has 0 aromatic carbocycles. The van der Waals surface area contributed by atoms with Crippen molar-refractivity contribution in [3.63, 3.8) is 0 Å². The van der Waals surface area contributed by atoms with E-state index in [2.05, 4.69) is 15.5 Å². The van der Waals surface area contributed by atoms with Crippen molar-refractivity contribution in [2.24, 2.45) is 0 Å². The maximum absolute atomic E-state index is 10.7. The van der Waals surface area contributed by atoms with E-state index in [1.54, 1.807) is 0 Å². The van der Waals surface area contributed by atoms with E-state index < -0.39 is 5.97 Å². The number of nitrogens with one attached hydrogen (secondary N) is 1. The highest BCUT2D eigenvalue weighted by Crippen LogP contribution is 2.30. The lowest BCUT2D eigenvalue weighted by molar-refractivity contribution is 0.0680. The number of aromatic nitrogens is 2. The predicted octanol–water partition coefficient (Wildman–Crippen LogP) is 1.23. The fourth-order valence-electron chi connectivity index (χ4n) is 2.45. The first-order chi connectivity index (χ1) is 8.15. The smallest absolute Gasteiger partial charge is 0.377 e. The zero-order valence-corrected chi connectivity index (χ0v) is 9.90. The standard InChI is InChI=1S/C11H17N3O3/c1-12-11(5-3-2-4-6-11)7-8-13-9(10(15)16)14-17-8/h12H,2-7H2,1H3,(H,15,16). The van der Waals surface area contributed by atoms with Gasteiger partial charge in [-0.15, -0.1) is 0 Å². The summed E-state index contributed by atoms with van der Waals surface area (Å²) in [5.41, 5.74) is -0.0133. The van der Waals surface area contributed by atoms with Crippen LogP contribution in [0.4, 0.5) is 0 Å². The fourth-order valence-corrected chi connectivity index (χ4v) is 2.45. The Balaban J connectivity index is 2.09. The van der Waals surface area contributed by atoms with Gasteiger partial charge in [0.15, 0.2) is 0 Å². The van der Waals surface area contributed by atoms with Gasteiger partial charge in [0.1, 0.15) is 0 Å². The van der Waals surface area contributed by atoms with E-state index in [4.69, 9.17) is 9.63 Å². The third-order valence-corrected chi connectivity index (χ3v) is 3.49. The average Bonchev–Trinajstić information content (AvgIpc) is 2.79. The van der Waals surface area contributed by atoms with Crippen LogP contribution in [0, 0.1) is 0 Å². The molecule has 2 N–H and O–H groups in total. The van der Waals surface area contributed by atoms with Crippen LogP contribution in [0.15, 0.2) is 4.52 Å². The number of carbonyl (C=O) groups is 1. The summed E-state index contributed by atoms with van der Waals surface area (Å²) in [7, 11) is 1.93. The third kappa shape index (κ3) is 2.63. The number of hydrogen-bond acceptors (Lipinski definition) is 5. The maximum Gasteiger partial charge on any atom is 0.377 e. The van der Waals surface area contributed by atoms with Crippen LogP contribution in [0.25, 0.3) is 0 Å². The molecule has 1 heterocycles. The summed E-state index contributed by atoms with van der Waals surface area (Å²) in [5, 5.41) is 15.5. The highest BCUT2D eigenvalue weighted by Gasteiger charge is 2.32. The Bertz CT molecular complexity index is 396. The van der Waals surface area contributed by atoms with Crippen LogP contribution in [-0.4, -0.2) is 33.8 Å². The first-order valence-electron chi connectivity index (χ1n) is 5.90. The summed E-state index contributed by atoms with van der Waals surface area (Å²) in [6.07, 6.45) is 6.35. The number of carboxylic acids is 1. The fraction of sp³-hybridized carbons (Fsp3) is 0.727. The van der Waals surface area contributed by atoms with E-state index in [0.717, 1.165) is 12.8 Å². The van der Waals surface area contributed by atoms with Gasteiger partial charge in [-0.25, -0.2) is 4.79 Å². The average molecular weight is 239 g/mol. The van der Waals surface area contributed by atoms with Gasteiger partial charge in [0.25, 0.3) is 5.82 Å². The van der Waals surface area contributed by atoms with Crippen molar-refractivity contribution in [3.8, 4) is 0 Å². The summed E-state index contributed by atoms with van der Waals surface area (Å²) < 4.78 is 4.97. The van der Waals surface area contributed by atoms with Gasteiger partial charge < -0.3 is 14.9 Å². The molecule has 0 saturated heterocycles.